The standard InChI is InChI=1S/C24H24F3N3O2/c1-16(2)30(23(31)29-20-7-9-21(10-8-20)32-24(25,26)27)15-18-5-4-6-19(14-18)22-13-17(3)11-12-28-22/h4-14,16H,15H2,1-3H3,(H,29,31). The largest absolute Gasteiger partial charge is 0.573 e. The first-order chi connectivity index (χ1) is 15.1. The molecule has 5 nitrogen and oxygen atoms in total. The number of rotatable bonds is 6. The molecule has 0 fully saturated rings. The van der Waals surface area contributed by atoms with Crippen molar-refractivity contribution >= 4 is 11.7 Å². The number of hydrogen-bond donors (Lipinski definition) is 1. The fourth-order valence-electron chi connectivity index (χ4n) is 3.14. The Morgan fingerprint density at radius 1 is 1.09 bits per heavy atom. The van der Waals surface area contributed by atoms with Crippen molar-refractivity contribution in [3.05, 3.63) is 78.0 Å². The molecule has 0 saturated heterocycles. The van der Waals surface area contributed by atoms with E-state index in [1.54, 1.807) is 11.1 Å². The maximum Gasteiger partial charge on any atom is 0.573 e. The maximum atomic E-state index is 12.9. The number of hydrogen-bond acceptors (Lipinski definition) is 3. The van der Waals surface area contributed by atoms with Crippen molar-refractivity contribution < 1.29 is 22.7 Å². The highest BCUT2D eigenvalue weighted by Crippen LogP contribution is 2.25. The number of ether oxygens (including phenoxy) is 1. The summed E-state index contributed by atoms with van der Waals surface area (Å²) in [5, 5.41) is 2.73. The van der Waals surface area contributed by atoms with E-state index < -0.39 is 6.36 Å². The van der Waals surface area contributed by atoms with Gasteiger partial charge in [0.1, 0.15) is 5.75 Å². The van der Waals surface area contributed by atoms with Crippen molar-refractivity contribution in [3.8, 4) is 17.0 Å². The second kappa shape index (κ2) is 9.72. The highest BCUT2D eigenvalue weighted by Gasteiger charge is 2.31. The van der Waals surface area contributed by atoms with Gasteiger partial charge in [-0.15, -0.1) is 13.2 Å². The van der Waals surface area contributed by atoms with Crippen LogP contribution in [-0.4, -0.2) is 28.3 Å². The smallest absolute Gasteiger partial charge is 0.406 e. The highest BCUT2D eigenvalue weighted by molar-refractivity contribution is 5.89. The summed E-state index contributed by atoms with van der Waals surface area (Å²) in [6.07, 6.45) is -3.00. The van der Waals surface area contributed by atoms with Gasteiger partial charge >= 0.3 is 12.4 Å². The van der Waals surface area contributed by atoms with Crippen LogP contribution in [0.25, 0.3) is 11.3 Å². The Bertz CT molecular complexity index is 1070. The quantitative estimate of drug-likeness (QED) is 0.480. The molecular formula is C24H24F3N3O2. The van der Waals surface area contributed by atoms with Gasteiger partial charge in [0.2, 0.25) is 0 Å². The molecule has 0 bridgehead atoms. The van der Waals surface area contributed by atoms with Gasteiger partial charge in [0.15, 0.2) is 0 Å². The molecule has 0 aliphatic rings. The first-order valence-electron chi connectivity index (χ1n) is 10.1. The molecule has 0 radical (unpaired) electrons. The molecular weight excluding hydrogens is 419 g/mol. The van der Waals surface area contributed by atoms with E-state index in [1.165, 1.54) is 12.1 Å². The van der Waals surface area contributed by atoms with Crippen molar-refractivity contribution in [2.75, 3.05) is 5.32 Å². The van der Waals surface area contributed by atoms with Crippen LogP contribution in [-0.2, 0) is 6.54 Å². The van der Waals surface area contributed by atoms with E-state index in [-0.39, 0.29) is 17.8 Å². The molecule has 0 unspecified atom stereocenters. The lowest BCUT2D eigenvalue weighted by atomic mass is 10.1. The van der Waals surface area contributed by atoms with Gasteiger partial charge in [0.05, 0.1) is 5.69 Å². The molecule has 32 heavy (non-hydrogen) atoms. The van der Waals surface area contributed by atoms with E-state index in [1.807, 2.05) is 57.2 Å². The van der Waals surface area contributed by atoms with Crippen LogP contribution in [0.1, 0.15) is 25.0 Å². The minimum atomic E-state index is -4.76. The van der Waals surface area contributed by atoms with Crippen molar-refractivity contribution in [2.45, 2.75) is 39.7 Å². The van der Waals surface area contributed by atoms with Crippen LogP contribution in [0.5, 0.6) is 5.75 Å². The van der Waals surface area contributed by atoms with Gasteiger partial charge in [-0.3, -0.25) is 4.98 Å². The average Bonchev–Trinajstić information content (AvgIpc) is 2.72. The molecule has 0 saturated carbocycles. The molecule has 1 heterocycles. The van der Waals surface area contributed by atoms with Gasteiger partial charge in [0.25, 0.3) is 0 Å². The number of amides is 2. The third kappa shape index (κ3) is 6.47. The number of aromatic nitrogens is 1. The number of alkyl halides is 3. The molecule has 0 aliphatic heterocycles. The first kappa shape index (κ1) is 23.1. The number of benzene rings is 2. The molecule has 1 aromatic heterocycles. The monoisotopic (exact) mass is 443 g/mol. The molecule has 3 rings (SSSR count). The summed E-state index contributed by atoms with van der Waals surface area (Å²) in [4.78, 5) is 18.9. The summed E-state index contributed by atoms with van der Waals surface area (Å²) >= 11 is 0. The van der Waals surface area contributed by atoms with Crippen LogP contribution < -0.4 is 10.1 Å². The van der Waals surface area contributed by atoms with Crippen molar-refractivity contribution in [1.82, 2.24) is 9.88 Å². The molecule has 0 aliphatic carbocycles. The average molecular weight is 443 g/mol. The van der Waals surface area contributed by atoms with Crippen molar-refractivity contribution in [3.63, 3.8) is 0 Å². The molecule has 168 valence electrons. The molecule has 3 aromatic rings. The highest BCUT2D eigenvalue weighted by atomic mass is 19.4. The summed E-state index contributed by atoms with van der Waals surface area (Å²) in [5.74, 6) is -0.349. The summed E-state index contributed by atoms with van der Waals surface area (Å²) < 4.78 is 40.8. The van der Waals surface area contributed by atoms with Gasteiger partial charge < -0.3 is 15.0 Å². The fourth-order valence-corrected chi connectivity index (χ4v) is 3.14. The lowest BCUT2D eigenvalue weighted by Gasteiger charge is -2.27. The number of nitrogens with one attached hydrogen (secondary N) is 1. The predicted octanol–water partition coefficient (Wildman–Crippen LogP) is 6.40. The van der Waals surface area contributed by atoms with Gasteiger partial charge in [-0.2, -0.15) is 0 Å². The maximum absolute atomic E-state index is 12.9. The predicted molar refractivity (Wildman–Crippen MR) is 117 cm³/mol. The summed E-state index contributed by atoms with van der Waals surface area (Å²) in [6.45, 7) is 6.15. The number of anilines is 1. The first-order valence-corrected chi connectivity index (χ1v) is 10.1. The van der Waals surface area contributed by atoms with E-state index in [9.17, 15) is 18.0 Å². The third-order valence-electron chi connectivity index (χ3n) is 4.71. The van der Waals surface area contributed by atoms with Gasteiger partial charge in [-0.25, -0.2) is 4.79 Å². The lowest BCUT2D eigenvalue weighted by Crippen LogP contribution is -2.39. The molecule has 0 atom stereocenters. The SMILES string of the molecule is Cc1ccnc(-c2cccc(CN(C(=O)Nc3ccc(OC(F)(F)F)cc3)C(C)C)c2)c1. The van der Waals surface area contributed by atoms with Crippen molar-refractivity contribution in [1.29, 1.82) is 0 Å². The number of nitrogens with zero attached hydrogens (tertiary/aromatic N) is 2. The fraction of sp³-hybridized carbons (Fsp3) is 0.250. The van der Waals surface area contributed by atoms with E-state index in [4.69, 9.17) is 0 Å². The zero-order valence-corrected chi connectivity index (χ0v) is 18.0. The van der Waals surface area contributed by atoms with Crippen LogP contribution in [0, 0.1) is 6.92 Å². The van der Waals surface area contributed by atoms with Crippen LogP contribution >= 0.6 is 0 Å². The Labute approximate surface area is 184 Å². The number of carbonyl (C=O) groups excluding carboxylic acids is 1. The third-order valence-corrected chi connectivity index (χ3v) is 4.71. The minimum Gasteiger partial charge on any atom is -0.406 e. The minimum absolute atomic E-state index is 0.108. The Balaban J connectivity index is 1.72. The number of urea groups is 1. The summed E-state index contributed by atoms with van der Waals surface area (Å²) in [7, 11) is 0. The summed E-state index contributed by atoms with van der Waals surface area (Å²) in [5.41, 5.74) is 4.22. The topological polar surface area (TPSA) is 54.5 Å². The van der Waals surface area contributed by atoms with Crippen LogP contribution in [0.4, 0.5) is 23.7 Å². The van der Waals surface area contributed by atoms with Crippen LogP contribution in [0.3, 0.4) is 0 Å². The Morgan fingerprint density at radius 3 is 2.44 bits per heavy atom. The Morgan fingerprint density at radius 2 is 1.81 bits per heavy atom. The molecule has 0 spiro atoms. The molecule has 2 amide bonds. The van der Waals surface area contributed by atoms with Crippen LogP contribution in [0.2, 0.25) is 0 Å². The zero-order chi connectivity index (χ0) is 23.3. The van der Waals surface area contributed by atoms with E-state index in [0.29, 0.717) is 12.2 Å². The number of pyridine rings is 1. The van der Waals surface area contributed by atoms with Crippen LogP contribution in [0.15, 0.2) is 66.9 Å². The van der Waals surface area contributed by atoms with Gasteiger partial charge in [-0.1, -0.05) is 18.2 Å². The molecule has 2 aromatic carbocycles. The van der Waals surface area contributed by atoms with E-state index in [0.717, 1.165) is 34.5 Å². The van der Waals surface area contributed by atoms with Crippen molar-refractivity contribution in [2.24, 2.45) is 0 Å². The zero-order valence-electron chi connectivity index (χ0n) is 18.0. The number of aryl methyl sites for hydroxylation is 1. The van der Waals surface area contributed by atoms with Gasteiger partial charge in [0, 0.05) is 30.0 Å². The lowest BCUT2D eigenvalue weighted by molar-refractivity contribution is -0.274. The normalized spacial score (nSPS) is 11.3. The van der Waals surface area contributed by atoms with E-state index >= 15 is 0 Å². The van der Waals surface area contributed by atoms with Gasteiger partial charge in [-0.05, 0) is 74.4 Å². The Kier molecular flexibility index (Phi) is 7.02. The Hall–Kier alpha value is -3.55. The van der Waals surface area contributed by atoms with E-state index in [2.05, 4.69) is 15.0 Å². The second-order valence-electron chi connectivity index (χ2n) is 7.64. The second-order valence-corrected chi connectivity index (χ2v) is 7.64. The molecule has 8 heteroatoms. The number of halogens is 3. The molecule has 1 N–H and O–H groups in total. The summed E-state index contributed by atoms with van der Waals surface area (Å²) in [6, 6.07) is 16.3. The number of carbonyl (C=O) groups is 1.